The van der Waals surface area contributed by atoms with Crippen molar-refractivity contribution in [3.05, 3.63) is 105 Å². The molecule has 0 aliphatic carbocycles. The molecule has 0 unspecified atom stereocenters. The molecule has 0 aliphatic rings. The first-order valence-electron chi connectivity index (χ1n) is 11.6. The second-order valence-corrected chi connectivity index (χ2v) is 9.80. The maximum Gasteiger partial charge on any atom is 0.243 e. The van der Waals surface area contributed by atoms with Gasteiger partial charge in [0.2, 0.25) is 11.8 Å². The van der Waals surface area contributed by atoms with Crippen molar-refractivity contribution < 1.29 is 9.59 Å². The minimum Gasteiger partial charge on any atom is -0.352 e. The van der Waals surface area contributed by atoms with Crippen LogP contribution >= 0.6 is 34.8 Å². The summed E-state index contributed by atoms with van der Waals surface area (Å²) in [6.07, 6.45) is 1.12. The summed E-state index contributed by atoms with van der Waals surface area (Å²) >= 11 is 19.0. The van der Waals surface area contributed by atoms with Crippen molar-refractivity contribution in [1.29, 1.82) is 0 Å². The van der Waals surface area contributed by atoms with Gasteiger partial charge in [-0.15, -0.1) is 0 Å². The number of carbonyl (C=O) groups excluding carboxylic acids is 2. The Morgan fingerprint density at radius 2 is 1.51 bits per heavy atom. The fourth-order valence-electron chi connectivity index (χ4n) is 3.78. The summed E-state index contributed by atoms with van der Waals surface area (Å²) in [7, 11) is 0. The first-order chi connectivity index (χ1) is 16.8. The van der Waals surface area contributed by atoms with E-state index >= 15 is 0 Å². The van der Waals surface area contributed by atoms with E-state index in [1.54, 1.807) is 35.2 Å². The van der Waals surface area contributed by atoms with Gasteiger partial charge in [0.25, 0.3) is 0 Å². The van der Waals surface area contributed by atoms with Gasteiger partial charge in [0, 0.05) is 34.1 Å². The molecule has 1 N–H and O–H groups in total. The second kappa shape index (κ2) is 13.0. The van der Waals surface area contributed by atoms with Crippen LogP contribution < -0.4 is 5.32 Å². The number of benzene rings is 3. The van der Waals surface area contributed by atoms with Crippen LogP contribution in [0.1, 0.15) is 37.0 Å². The van der Waals surface area contributed by atoms with Crippen molar-refractivity contribution in [2.45, 2.75) is 51.7 Å². The molecule has 3 aromatic carbocycles. The second-order valence-electron chi connectivity index (χ2n) is 8.55. The molecule has 0 radical (unpaired) electrons. The van der Waals surface area contributed by atoms with E-state index < -0.39 is 6.04 Å². The van der Waals surface area contributed by atoms with Gasteiger partial charge in [-0.2, -0.15) is 0 Å². The monoisotopic (exact) mass is 530 g/mol. The third-order valence-corrected chi connectivity index (χ3v) is 6.85. The highest BCUT2D eigenvalue weighted by molar-refractivity contribution is 6.36. The smallest absolute Gasteiger partial charge is 0.243 e. The summed E-state index contributed by atoms with van der Waals surface area (Å²) in [5.74, 6) is -0.455. The number of hydrogen-bond acceptors (Lipinski definition) is 2. The van der Waals surface area contributed by atoms with Crippen LogP contribution in [0.4, 0.5) is 0 Å². The van der Waals surface area contributed by atoms with Gasteiger partial charge in [0.05, 0.1) is 6.42 Å². The first kappa shape index (κ1) is 27.1. The normalized spacial score (nSPS) is 12.6. The fourth-order valence-corrected chi connectivity index (χ4v) is 4.53. The van der Waals surface area contributed by atoms with Gasteiger partial charge in [-0.1, -0.05) is 90.3 Å². The molecule has 184 valence electrons. The summed E-state index contributed by atoms with van der Waals surface area (Å²) < 4.78 is 0. The Kier molecular flexibility index (Phi) is 10.0. The highest BCUT2D eigenvalue weighted by atomic mass is 35.5. The Hall–Kier alpha value is -2.53. The van der Waals surface area contributed by atoms with Crippen molar-refractivity contribution in [1.82, 2.24) is 10.2 Å². The lowest BCUT2D eigenvalue weighted by Crippen LogP contribution is -2.52. The summed E-state index contributed by atoms with van der Waals surface area (Å²) in [6.45, 7) is 4.17. The average molecular weight is 532 g/mol. The van der Waals surface area contributed by atoms with Crippen LogP contribution in [-0.4, -0.2) is 28.8 Å². The van der Waals surface area contributed by atoms with Crippen LogP contribution in [0.5, 0.6) is 0 Å². The van der Waals surface area contributed by atoms with E-state index in [-0.39, 0.29) is 30.8 Å². The highest BCUT2D eigenvalue weighted by Crippen LogP contribution is 2.26. The minimum atomic E-state index is -0.737. The molecule has 2 amide bonds. The molecular formula is C28H29Cl3N2O2. The topological polar surface area (TPSA) is 49.4 Å². The van der Waals surface area contributed by atoms with Crippen LogP contribution in [0.3, 0.4) is 0 Å². The van der Waals surface area contributed by atoms with Gasteiger partial charge < -0.3 is 10.2 Å². The maximum absolute atomic E-state index is 13.8. The quantitative estimate of drug-likeness (QED) is 0.315. The molecule has 35 heavy (non-hydrogen) atoms. The summed E-state index contributed by atoms with van der Waals surface area (Å²) in [5, 5.41) is 4.45. The molecule has 0 fully saturated rings. The van der Waals surface area contributed by atoms with E-state index in [1.165, 1.54) is 0 Å². The van der Waals surface area contributed by atoms with E-state index in [0.717, 1.165) is 17.5 Å². The standard InChI is InChI=1S/C28H29Cl3N2O2/c1-3-19(2)32-28(35)26(16-20-9-5-4-6-10-20)33(18-21-11-7-12-22(29)15-21)27(34)17-23-24(30)13-8-14-25(23)31/h4-15,19,26H,3,16-18H2,1-2H3,(H,32,35)/t19-,26-/m1/s1. The van der Waals surface area contributed by atoms with E-state index in [1.807, 2.05) is 56.3 Å². The molecule has 3 aromatic rings. The number of hydrogen-bond donors (Lipinski definition) is 1. The lowest BCUT2D eigenvalue weighted by molar-refractivity contribution is -0.141. The van der Waals surface area contributed by atoms with Crippen LogP contribution in [-0.2, 0) is 29.0 Å². The predicted octanol–water partition coefficient (Wildman–Crippen LogP) is 6.74. The van der Waals surface area contributed by atoms with Crippen molar-refractivity contribution in [3.63, 3.8) is 0 Å². The minimum absolute atomic E-state index is 0.0260. The fraction of sp³-hybridized carbons (Fsp3) is 0.286. The van der Waals surface area contributed by atoms with Crippen LogP contribution in [0.2, 0.25) is 15.1 Å². The van der Waals surface area contributed by atoms with Gasteiger partial charge in [0.1, 0.15) is 6.04 Å². The third kappa shape index (κ3) is 7.73. The molecule has 4 nitrogen and oxygen atoms in total. The molecule has 2 atom stereocenters. The Morgan fingerprint density at radius 1 is 0.886 bits per heavy atom. The molecule has 3 rings (SSSR count). The zero-order valence-electron chi connectivity index (χ0n) is 19.8. The third-order valence-electron chi connectivity index (χ3n) is 5.90. The molecular weight excluding hydrogens is 503 g/mol. The first-order valence-corrected chi connectivity index (χ1v) is 12.7. The van der Waals surface area contributed by atoms with Crippen molar-refractivity contribution in [2.75, 3.05) is 0 Å². The van der Waals surface area contributed by atoms with E-state index in [0.29, 0.717) is 27.1 Å². The summed E-state index contributed by atoms with van der Waals surface area (Å²) in [5.41, 5.74) is 2.32. The number of amides is 2. The number of halogens is 3. The molecule has 0 saturated heterocycles. The SMILES string of the molecule is CC[C@@H](C)NC(=O)[C@@H](Cc1ccccc1)N(Cc1cccc(Cl)c1)C(=O)Cc1c(Cl)cccc1Cl. The number of carbonyl (C=O) groups is 2. The van der Waals surface area contributed by atoms with E-state index in [9.17, 15) is 9.59 Å². The molecule has 7 heteroatoms. The predicted molar refractivity (Wildman–Crippen MR) is 144 cm³/mol. The largest absolute Gasteiger partial charge is 0.352 e. The number of rotatable bonds is 10. The molecule has 0 heterocycles. The van der Waals surface area contributed by atoms with E-state index in [2.05, 4.69) is 5.32 Å². The van der Waals surface area contributed by atoms with Gasteiger partial charge in [-0.3, -0.25) is 9.59 Å². The van der Waals surface area contributed by atoms with Crippen molar-refractivity contribution in [2.24, 2.45) is 0 Å². The van der Waals surface area contributed by atoms with Crippen LogP contribution in [0.25, 0.3) is 0 Å². The molecule has 0 aliphatic heterocycles. The van der Waals surface area contributed by atoms with Gasteiger partial charge in [0.15, 0.2) is 0 Å². The van der Waals surface area contributed by atoms with Gasteiger partial charge in [-0.25, -0.2) is 0 Å². The Balaban J connectivity index is 2.01. The van der Waals surface area contributed by atoms with E-state index in [4.69, 9.17) is 34.8 Å². The zero-order valence-corrected chi connectivity index (χ0v) is 22.1. The molecule has 0 saturated carbocycles. The van der Waals surface area contributed by atoms with Crippen LogP contribution in [0, 0.1) is 0 Å². The maximum atomic E-state index is 13.8. The van der Waals surface area contributed by atoms with Crippen LogP contribution in [0.15, 0.2) is 72.8 Å². The molecule has 0 spiro atoms. The highest BCUT2D eigenvalue weighted by Gasteiger charge is 2.31. The lowest BCUT2D eigenvalue weighted by Gasteiger charge is -2.32. The number of nitrogens with zero attached hydrogens (tertiary/aromatic N) is 1. The van der Waals surface area contributed by atoms with Gasteiger partial charge >= 0.3 is 0 Å². The van der Waals surface area contributed by atoms with Gasteiger partial charge in [-0.05, 0) is 54.3 Å². The van der Waals surface area contributed by atoms with Crippen molar-refractivity contribution >= 4 is 46.6 Å². The number of nitrogens with one attached hydrogen (secondary N) is 1. The Bertz CT molecular complexity index is 1130. The summed E-state index contributed by atoms with van der Waals surface area (Å²) in [4.78, 5) is 28.9. The molecule has 0 bridgehead atoms. The molecule has 0 aromatic heterocycles. The lowest BCUT2D eigenvalue weighted by atomic mass is 10.0. The Morgan fingerprint density at radius 3 is 2.14 bits per heavy atom. The summed E-state index contributed by atoms with van der Waals surface area (Å²) in [6, 6.07) is 21.4. The average Bonchev–Trinajstić information content (AvgIpc) is 2.84. The van der Waals surface area contributed by atoms with Crippen molar-refractivity contribution in [3.8, 4) is 0 Å². The zero-order chi connectivity index (χ0) is 25.4. The Labute approximate surface area is 222 Å².